The first-order valence-corrected chi connectivity index (χ1v) is 8.32. The Kier molecular flexibility index (Phi) is 3.24. The Balaban J connectivity index is 1.46. The summed E-state index contributed by atoms with van der Waals surface area (Å²) in [6.45, 7) is 2.49. The molecular formula is C19H16N6O. The van der Waals surface area contributed by atoms with Crippen LogP contribution in [0.4, 0.5) is 0 Å². The molecule has 128 valence electrons. The molecule has 0 saturated carbocycles. The van der Waals surface area contributed by atoms with E-state index < -0.39 is 0 Å². The standard InChI is InChI=1S/C19H16N6O/c1-13-2-7-16(26-13)11-25-19-17(10-21-25)22-18(23-19)14-3-5-15(6-4-14)24-9-8-20-12-24/h2-10,12H,11H2,1H3,(H,22,23). The fourth-order valence-corrected chi connectivity index (χ4v) is 3.02. The van der Waals surface area contributed by atoms with Gasteiger partial charge >= 0.3 is 0 Å². The quantitative estimate of drug-likeness (QED) is 0.541. The number of furan rings is 1. The van der Waals surface area contributed by atoms with Gasteiger partial charge in [-0.15, -0.1) is 0 Å². The van der Waals surface area contributed by atoms with Crippen LogP contribution in [0.1, 0.15) is 11.5 Å². The molecule has 0 atom stereocenters. The topological polar surface area (TPSA) is 77.5 Å². The van der Waals surface area contributed by atoms with Gasteiger partial charge in [-0.3, -0.25) is 0 Å². The number of aromatic nitrogens is 6. The van der Waals surface area contributed by atoms with Gasteiger partial charge in [0.1, 0.15) is 29.4 Å². The Labute approximate surface area is 148 Å². The molecule has 0 saturated heterocycles. The van der Waals surface area contributed by atoms with Gasteiger partial charge in [-0.1, -0.05) is 0 Å². The summed E-state index contributed by atoms with van der Waals surface area (Å²) in [7, 11) is 0. The molecule has 0 aliphatic heterocycles. The third kappa shape index (κ3) is 2.50. The van der Waals surface area contributed by atoms with Crippen LogP contribution in [0.15, 0.2) is 65.7 Å². The molecule has 4 heterocycles. The number of aromatic amines is 1. The van der Waals surface area contributed by atoms with Crippen LogP contribution in [0, 0.1) is 6.92 Å². The maximum absolute atomic E-state index is 5.64. The van der Waals surface area contributed by atoms with E-state index >= 15 is 0 Å². The Hall–Kier alpha value is -3.61. The Bertz CT molecular complexity index is 1160. The van der Waals surface area contributed by atoms with Crippen LogP contribution in [0.5, 0.6) is 0 Å². The molecule has 0 aliphatic rings. The molecule has 5 rings (SSSR count). The summed E-state index contributed by atoms with van der Waals surface area (Å²) in [6, 6.07) is 12.1. The summed E-state index contributed by atoms with van der Waals surface area (Å²) in [6.07, 6.45) is 7.25. The lowest BCUT2D eigenvalue weighted by molar-refractivity contribution is 0.462. The van der Waals surface area contributed by atoms with Crippen molar-refractivity contribution in [3.05, 3.63) is 72.8 Å². The zero-order valence-corrected chi connectivity index (χ0v) is 14.1. The molecule has 5 aromatic rings. The van der Waals surface area contributed by atoms with Gasteiger partial charge < -0.3 is 14.0 Å². The molecule has 1 aromatic carbocycles. The van der Waals surface area contributed by atoms with Crippen molar-refractivity contribution < 1.29 is 4.42 Å². The molecule has 7 nitrogen and oxygen atoms in total. The van der Waals surface area contributed by atoms with E-state index in [2.05, 4.69) is 15.1 Å². The van der Waals surface area contributed by atoms with Crippen molar-refractivity contribution in [2.45, 2.75) is 13.5 Å². The number of benzene rings is 1. The smallest absolute Gasteiger partial charge is 0.177 e. The highest BCUT2D eigenvalue weighted by molar-refractivity contribution is 5.76. The Morgan fingerprint density at radius 3 is 2.73 bits per heavy atom. The minimum absolute atomic E-state index is 0.557. The highest BCUT2D eigenvalue weighted by Crippen LogP contribution is 2.22. The molecule has 0 amide bonds. The third-order valence-electron chi connectivity index (χ3n) is 4.33. The largest absolute Gasteiger partial charge is 0.464 e. The van der Waals surface area contributed by atoms with E-state index in [-0.39, 0.29) is 0 Å². The van der Waals surface area contributed by atoms with Crippen molar-refractivity contribution in [1.29, 1.82) is 0 Å². The summed E-state index contributed by atoms with van der Waals surface area (Å²) in [4.78, 5) is 12.1. The summed E-state index contributed by atoms with van der Waals surface area (Å²) in [5.41, 5.74) is 3.79. The van der Waals surface area contributed by atoms with Crippen LogP contribution in [0.2, 0.25) is 0 Å². The van der Waals surface area contributed by atoms with Gasteiger partial charge in [-0.25, -0.2) is 14.6 Å². The summed E-state index contributed by atoms with van der Waals surface area (Å²) < 4.78 is 9.44. The van der Waals surface area contributed by atoms with Crippen molar-refractivity contribution in [2.75, 3.05) is 0 Å². The summed E-state index contributed by atoms with van der Waals surface area (Å²) >= 11 is 0. The van der Waals surface area contributed by atoms with Crippen LogP contribution >= 0.6 is 0 Å². The van der Waals surface area contributed by atoms with Gasteiger partial charge in [0.05, 0.1) is 12.5 Å². The van der Waals surface area contributed by atoms with Crippen LogP contribution in [0.25, 0.3) is 28.2 Å². The van der Waals surface area contributed by atoms with E-state index in [4.69, 9.17) is 9.40 Å². The average Bonchev–Trinajstić information content (AvgIpc) is 3.41. The molecule has 1 N–H and O–H groups in total. The van der Waals surface area contributed by atoms with Gasteiger partial charge in [0, 0.05) is 23.6 Å². The van der Waals surface area contributed by atoms with E-state index in [0.717, 1.165) is 39.8 Å². The van der Waals surface area contributed by atoms with Crippen molar-refractivity contribution in [3.63, 3.8) is 0 Å². The molecule has 0 aliphatic carbocycles. The van der Waals surface area contributed by atoms with Gasteiger partial charge in [-0.2, -0.15) is 5.10 Å². The van der Waals surface area contributed by atoms with E-state index in [0.29, 0.717) is 6.54 Å². The highest BCUT2D eigenvalue weighted by Gasteiger charge is 2.12. The van der Waals surface area contributed by atoms with Crippen LogP contribution < -0.4 is 0 Å². The molecule has 26 heavy (non-hydrogen) atoms. The van der Waals surface area contributed by atoms with Gasteiger partial charge in [0.2, 0.25) is 0 Å². The van der Waals surface area contributed by atoms with Crippen LogP contribution in [-0.4, -0.2) is 29.3 Å². The number of hydrogen-bond donors (Lipinski definition) is 1. The summed E-state index contributed by atoms with van der Waals surface area (Å²) in [5, 5.41) is 4.40. The number of nitrogens with zero attached hydrogens (tertiary/aromatic N) is 5. The number of imidazole rings is 2. The molecule has 7 heteroatoms. The lowest BCUT2D eigenvalue weighted by atomic mass is 10.2. The SMILES string of the molecule is Cc1ccc(Cn2ncc3[nH]c(-c4ccc(-n5ccnc5)cc4)nc32)o1. The highest BCUT2D eigenvalue weighted by atomic mass is 16.3. The first-order chi connectivity index (χ1) is 12.8. The monoisotopic (exact) mass is 344 g/mol. The predicted molar refractivity (Wildman–Crippen MR) is 97.0 cm³/mol. The lowest BCUT2D eigenvalue weighted by Gasteiger charge is -2.03. The van der Waals surface area contributed by atoms with Crippen molar-refractivity contribution in [2.24, 2.45) is 0 Å². The number of H-pyrrole nitrogens is 1. The second kappa shape index (κ2) is 5.73. The fraction of sp³-hybridized carbons (Fsp3) is 0.105. The van der Waals surface area contributed by atoms with Crippen LogP contribution in [0.3, 0.4) is 0 Å². The minimum Gasteiger partial charge on any atom is -0.464 e. The molecule has 0 bridgehead atoms. The maximum atomic E-state index is 5.64. The molecule has 0 unspecified atom stereocenters. The maximum Gasteiger partial charge on any atom is 0.177 e. The molecule has 0 spiro atoms. The number of aryl methyl sites for hydroxylation is 1. The molecule has 4 aromatic heterocycles. The van der Waals surface area contributed by atoms with Gasteiger partial charge in [0.25, 0.3) is 0 Å². The average molecular weight is 344 g/mol. The van der Waals surface area contributed by atoms with E-state index in [1.54, 1.807) is 18.7 Å². The zero-order chi connectivity index (χ0) is 17.5. The van der Waals surface area contributed by atoms with Crippen LogP contribution in [-0.2, 0) is 6.54 Å². The molecule has 0 fully saturated rings. The first kappa shape index (κ1) is 14.7. The lowest BCUT2D eigenvalue weighted by Crippen LogP contribution is -2.00. The number of nitrogens with one attached hydrogen (secondary N) is 1. The van der Waals surface area contributed by atoms with Gasteiger partial charge in [-0.05, 0) is 43.3 Å². The molecular weight excluding hydrogens is 328 g/mol. The van der Waals surface area contributed by atoms with Crippen molar-refractivity contribution in [1.82, 2.24) is 29.3 Å². The van der Waals surface area contributed by atoms with Gasteiger partial charge in [0.15, 0.2) is 5.65 Å². The zero-order valence-electron chi connectivity index (χ0n) is 14.1. The van der Waals surface area contributed by atoms with E-state index in [1.807, 2.05) is 58.8 Å². The number of rotatable bonds is 4. The Morgan fingerprint density at radius 2 is 2.00 bits per heavy atom. The van der Waals surface area contributed by atoms with Crippen molar-refractivity contribution >= 4 is 11.2 Å². The summed E-state index contributed by atoms with van der Waals surface area (Å²) in [5.74, 6) is 2.57. The predicted octanol–water partition coefficient (Wildman–Crippen LogP) is 3.56. The second-order valence-corrected chi connectivity index (χ2v) is 6.15. The Morgan fingerprint density at radius 1 is 1.12 bits per heavy atom. The normalized spacial score (nSPS) is 11.4. The molecule has 0 radical (unpaired) electrons. The number of fused-ring (bicyclic) bond motifs is 1. The minimum atomic E-state index is 0.557. The number of hydrogen-bond acceptors (Lipinski definition) is 4. The van der Waals surface area contributed by atoms with E-state index in [9.17, 15) is 0 Å². The first-order valence-electron chi connectivity index (χ1n) is 8.32. The van der Waals surface area contributed by atoms with Crippen molar-refractivity contribution in [3.8, 4) is 17.1 Å². The fourth-order valence-electron chi connectivity index (χ4n) is 3.02. The third-order valence-corrected chi connectivity index (χ3v) is 4.33. The van der Waals surface area contributed by atoms with E-state index in [1.165, 1.54) is 0 Å². The second-order valence-electron chi connectivity index (χ2n) is 6.15.